The summed E-state index contributed by atoms with van der Waals surface area (Å²) in [6, 6.07) is 2.03. The average molecular weight is 210 g/mol. The van der Waals surface area contributed by atoms with Crippen LogP contribution < -0.4 is 5.32 Å². The van der Waals surface area contributed by atoms with Gasteiger partial charge in [-0.15, -0.1) is 0 Å². The standard InChI is InChI=1S/C11H18N2O2/c1-4-10(2,3)6-13-9(14)11(5-12)7-15-8-11/h4,6-8H2,1-3H3,(H,13,14). The number of hydrogen-bond donors (Lipinski definition) is 1. The van der Waals surface area contributed by atoms with Crippen LogP contribution in [-0.2, 0) is 9.53 Å². The number of rotatable bonds is 4. The van der Waals surface area contributed by atoms with E-state index < -0.39 is 5.41 Å². The number of amides is 1. The summed E-state index contributed by atoms with van der Waals surface area (Å²) in [5.74, 6) is -0.197. The molecule has 1 fully saturated rings. The molecule has 0 aliphatic carbocycles. The Hall–Kier alpha value is -1.08. The van der Waals surface area contributed by atoms with Crippen molar-refractivity contribution in [2.45, 2.75) is 27.2 Å². The van der Waals surface area contributed by atoms with Crippen molar-refractivity contribution in [3.8, 4) is 6.07 Å². The second-order valence-corrected chi connectivity index (χ2v) is 4.89. The van der Waals surface area contributed by atoms with Crippen molar-refractivity contribution < 1.29 is 9.53 Å². The fraction of sp³-hybridized carbons (Fsp3) is 0.818. The summed E-state index contributed by atoms with van der Waals surface area (Å²) in [7, 11) is 0. The minimum Gasteiger partial charge on any atom is -0.377 e. The lowest BCUT2D eigenvalue weighted by Gasteiger charge is -2.34. The molecule has 0 aromatic carbocycles. The normalized spacial score (nSPS) is 18.8. The van der Waals surface area contributed by atoms with Gasteiger partial charge in [0.2, 0.25) is 5.91 Å². The van der Waals surface area contributed by atoms with Crippen molar-refractivity contribution in [2.24, 2.45) is 10.8 Å². The van der Waals surface area contributed by atoms with E-state index in [0.717, 1.165) is 6.42 Å². The highest BCUT2D eigenvalue weighted by Gasteiger charge is 2.46. The Balaban J connectivity index is 2.47. The van der Waals surface area contributed by atoms with Gasteiger partial charge in [0.15, 0.2) is 5.41 Å². The van der Waals surface area contributed by atoms with Gasteiger partial charge in [0, 0.05) is 6.54 Å². The molecule has 1 N–H and O–H groups in total. The first-order valence-electron chi connectivity index (χ1n) is 5.23. The van der Waals surface area contributed by atoms with Crippen molar-refractivity contribution >= 4 is 5.91 Å². The molecule has 0 bridgehead atoms. The molecule has 1 aliphatic heterocycles. The lowest BCUT2D eigenvalue weighted by Crippen LogP contribution is -2.54. The summed E-state index contributed by atoms with van der Waals surface area (Å²) in [6.07, 6.45) is 0.989. The highest BCUT2D eigenvalue weighted by atomic mass is 16.5. The van der Waals surface area contributed by atoms with Crippen LogP contribution in [0, 0.1) is 22.2 Å². The molecule has 4 heteroatoms. The van der Waals surface area contributed by atoms with Gasteiger partial charge in [-0.25, -0.2) is 0 Å². The van der Waals surface area contributed by atoms with Gasteiger partial charge in [0.25, 0.3) is 0 Å². The number of ether oxygens (including phenoxy) is 1. The first-order valence-corrected chi connectivity index (χ1v) is 5.23. The van der Waals surface area contributed by atoms with Crippen LogP contribution in [0.2, 0.25) is 0 Å². The number of nitriles is 1. The van der Waals surface area contributed by atoms with Gasteiger partial charge in [-0.1, -0.05) is 20.8 Å². The van der Waals surface area contributed by atoms with Gasteiger partial charge in [-0.2, -0.15) is 5.26 Å². The summed E-state index contributed by atoms with van der Waals surface area (Å²) in [4.78, 5) is 11.7. The number of carbonyl (C=O) groups is 1. The van der Waals surface area contributed by atoms with Crippen LogP contribution >= 0.6 is 0 Å². The highest BCUT2D eigenvalue weighted by molar-refractivity contribution is 5.86. The van der Waals surface area contributed by atoms with E-state index in [2.05, 4.69) is 26.1 Å². The second-order valence-electron chi connectivity index (χ2n) is 4.89. The predicted octanol–water partition coefficient (Wildman–Crippen LogP) is 1.08. The van der Waals surface area contributed by atoms with E-state index in [1.807, 2.05) is 6.07 Å². The summed E-state index contributed by atoms with van der Waals surface area (Å²) >= 11 is 0. The van der Waals surface area contributed by atoms with Gasteiger partial charge in [-0.05, 0) is 11.8 Å². The fourth-order valence-electron chi connectivity index (χ4n) is 1.17. The van der Waals surface area contributed by atoms with Gasteiger partial charge >= 0.3 is 0 Å². The molecular weight excluding hydrogens is 192 g/mol. The number of nitrogens with one attached hydrogen (secondary N) is 1. The zero-order valence-electron chi connectivity index (χ0n) is 9.59. The van der Waals surface area contributed by atoms with Crippen LogP contribution in [0.4, 0.5) is 0 Å². The third-order valence-electron chi connectivity index (χ3n) is 3.03. The molecule has 0 saturated carbocycles. The van der Waals surface area contributed by atoms with Crippen molar-refractivity contribution in [2.75, 3.05) is 19.8 Å². The molecule has 1 saturated heterocycles. The lowest BCUT2D eigenvalue weighted by molar-refractivity contribution is -0.150. The van der Waals surface area contributed by atoms with Crippen molar-refractivity contribution in [1.82, 2.24) is 5.32 Å². The number of hydrogen-bond acceptors (Lipinski definition) is 3. The molecule has 84 valence electrons. The molecule has 1 rings (SSSR count). The van der Waals surface area contributed by atoms with Crippen LogP contribution in [0.5, 0.6) is 0 Å². The SMILES string of the molecule is CCC(C)(C)CNC(=O)C1(C#N)COC1. The minimum absolute atomic E-state index is 0.0803. The molecule has 1 aliphatic rings. The monoisotopic (exact) mass is 210 g/mol. The summed E-state index contributed by atoms with van der Waals surface area (Å²) in [5.41, 5.74) is -0.846. The predicted molar refractivity (Wildman–Crippen MR) is 55.9 cm³/mol. The third-order valence-corrected chi connectivity index (χ3v) is 3.03. The first-order chi connectivity index (χ1) is 6.96. The smallest absolute Gasteiger partial charge is 0.245 e. The van der Waals surface area contributed by atoms with Crippen molar-refractivity contribution in [3.05, 3.63) is 0 Å². The molecule has 0 radical (unpaired) electrons. The van der Waals surface area contributed by atoms with Crippen molar-refractivity contribution in [3.63, 3.8) is 0 Å². The maximum Gasteiger partial charge on any atom is 0.245 e. The summed E-state index contributed by atoms with van der Waals surface area (Å²) < 4.78 is 4.93. The van der Waals surface area contributed by atoms with E-state index >= 15 is 0 Å². The van der Waals surface area contributed by atoms with Gasteiger partial charge in [0.05, 0.1) is 19.3 Å². The molecule has 0 atom stereocenters. The maximum atomic E-state index is 11.7. The van der Waals surface area contributed by atoms with Crippen LogP contribution in [0.15, 0.2) is 0 Å². The Kier molecular flexibility index (Phi) is 3.35. The zero-order chi connectivity index (χ0) is 11.5. The Morgan fingerprint density at radius 1 is 1.60 bits per heavy atom. The summed E-state index contributed by atoms with van der Waals surface area (Å²) in [6.45, 7) is 7.31. The molecule has 1 amide bonds. The quantitative estimate of drug-likeness (QED) is 0.755. The van der Waals surface area contributed by atoms with Crippen LogP contribution in [0.3, 0.4) is 0 Å². The Morgan fingerprint density at radius 2 is 2.20 bits per heavy atom. The molecule has 4 nitrogen and oxygen atoms in total. The van der Waals surface area contributed by atoms with Crippen molar-refractivity contribution in [1.29, 1.82) is 5.26 Å². The van der Waals surface area contributed by atoms with E-state index in [4.69, 9.17) is 10.00 Å². The third kappa shape index (κ3) is 2.48. The van der Waals surface area contributed by atoms with Gasteiger partial charge < -0.3 is 10.1 Å². The van der Waals surface area contributed by atoms with Crippen LogP contribution in [0.1, 0.15) is 27.2 Å². The largest absolute Gasteiger partial charge is 0.377 e. The molecule has 0 aromatic heterocycles. The highest BCUT2D eigenvalue weighted by Crippen LogP contribution is 2.27. The average Bonchev–Trinajstić information content (AvgIpc) is 2.14. The zero-order valence-corrected chi connectivity index (χ0v) is 9.59. The first kappa shape index (κ1) is 12.0. The Labute approximate surface area is 90.6 Å². The maximum absolute atomic E-state index is 11.7. The molecule has 15 heavy (non-hydrogen) atoms. The van der Waals surface area contributed by atoms with Gasteiger partial charge in [0.1, 0.15) is 0 Å². The second kappa shape index (κ2) is 4.19. The minimum atomic E-state index is -0.927. The van der Waals surface area contributed by atoms with E-state index in [1.54, 1.807) is 0 Å². The molecule has 0 unspecified atom stereocenters. The Bertz CT molecular complexity index is 287. The van der Waals surface area contributed by atoms with E-state index in [0.29, 0.717) is 6.54 Å². The van der Waals surface area contributed by atoms with Crippen LogP contribution in [0.25, 0.3) is 0 Å². The van der Waals surface area contributed by atoms with Gasteiger partial charge in [-0.3, -0.25) is 4.79 Å². The Morgan fingerprint density at radius 3 is 2.53 bits per heavy atom. The summed E-state index contributed by atoms with van der Waals surface area (Å²) in [5, 5.41) is 11.7. The van der Waals surface area contributed by atoms with E-state index in [-0.39, 0.29) is 24.5 Å². The van der Waals surface area contributed by atoms with E-state index in [9.17, 15) is 4.79 Å². The van der Waals surface area contributed by atoms with E-state index in [1.165, 1.54) is 0 Å². The molecule has 1 heterocycles. The molecule has 0 aromatic rings. The number of carbonyl (C=O) groups excluding carboxylic acids is 1. The van der Waals surface area contributed by atoms with Crippen LogP contribution in [-0.4, -0.2) is 25.7 Å². The molecule has 0 spiro atoms. The lowest BCUT2D eigenvalue weighted by atomic mass is 9.85. The topological polar surface area (TPSA) is 62.1 Å². The fourth-order valence-corrected chi connectivity index (χ4v) is 1.17. The number of nitrogens with zero attached hydrogens (tertiary/aromatic N) is 1. The molecular formula is C11H18N2O2.